The number of halogens is 3. The van der Waals surface area contributed by atoms with Gasteiger partial charge in [0.2, 0.25) is 0 Å². The Balaban J connectivity index is 1.52. The number of aryl methyl sites for hydroxylation is 1. The molecule has 32 heavy (non-hydrogen) atoms. The van der Waals surface area contributed by atoms with Crippen molar-refractivity contribution in [2.24, 2.45) is 0 Å². The number of amides is 1. The van der Waals surface area contributed by atoms with Crippen LogP contribution in [0.3, 0.4) is 0 Å². The second kappa shape index (κ2) is 9.88. The van der Waals surface area contributed by atoms with Crippen LogP contribution in [0.2, 0.25) is 10.2 Å². The lowest BCUT2D eigenvalue weighted by molar-refractivity contribution is 0.0713. The van der Waals surface area contributed by atoms with Gasteiger partial charge in [0.25, 0.3) is 5.91 Å². The Morgan fingerprint density at radius 1 is 1.09 bits per heavy atom. The maximum Gasteiger partial charge on any atom is 0.257 e. The summed E-state index contributed by atoms with van der Waals surface area (Å²) in [4.78, 5) is 19.3. The minimum absolute atomic E-state index is 0.138. The predicted octanol–water partition coefficient (Wildman–Crippen LogP) is 6.85. The van der Waals surface area contributed by atoms with Gasteiger partial charge in [-0.1, -0.05) is 54.4 Å². The number of pyridine rings is 1. The van der Waals surface area contributed by atoms with Gasteiger partial charge in [0.1, 0.15) is 16.0 Å². The first kappa shape index (κ1) is 22.6. The molecule has 1 saturated heterocycles. The number of hydrogen-bond acceptors (Lipinski definition) is 3. The summed E-state index contributed by atoms with van der Waals surface area (Å²) in [5.41, 5.74) is 3.98. The number of benzene rings is 2. The van der Waals surface area contributed by atoms with E-state index in [1.54, 1.807) is 0 Å². The van der Waals surface area contributed by atoms with Crippen LogP contribution >= 0.6 is 23.2 Å². The lowest BCUT2D eigenvalue weighted by atomic mass is 9.89. The maximum absolute atomic E-state index is 13.4. The molecule has 0 atom stereocenters. The Hall–Kier alpha value is -2.63. The van der Waals surface area contributed by atoms with E-state index in [-0.39, 0.29) is 21.9 Å². The van der Waals surface area contributed by atoms with Crippen LogP contribution in [0.1, 0.15) is 47.2 Å². The van der Waals surface area contributed by atoms with Crippen molar-refractivity contribution in [3.8, 4) is 0 Å². The van der Waals surface area contributed by atoms with Gasteiger partial charge in [-0.25, -0.2) is 9.37 Å². The Bertz CT molecular complexity index is 1100. The van der Waals surface area contributed by atoms with Crippen LogP contribution in [0.4, 0.5) is 15.8 Å². The molecule has 1 fully saturated rings. The molecule has 3 aromatic rings. The maximum atomic E-state index is 13.4. The van der Waals surface area contributed by atoms with E-state index in [1.807, 2.05) is 41.3 Å². The van der Waals surface area contributed by atoms with Gasteiger partial charge in [0.05, 0.1) is 11.3 Å². The Kier molecular flexibility index (Phi) is 6.97. The van der Waals surface area contributed by atoms with Crippen LogP contribution in [-0.2, 0) is 6.42 Å². The highest BCUT2D eigenvalue weighted by Crippen LogP contribution is 2.35. The van der Waals surface area contributed by atoms with Crippen LogP contribution in [0.15, 0.2) is 54.7 Å². The van der Waals surface area contributed by atoms with E-state index in [9.17, 15) is 9.18 Å². The van der Waals surface area contributed by atoms with Gasteiger partial charge in [0, 0.05) is 25.0 Å². The van der Waals surface area contributed by atoms with Crippen LogP contribution in [0.5, 0.6) is 0 Å². The number of aromatic nitrogens is 1. The summed E-state index contributed by atoms with van der Waals surface area (Å²) in [5.74, 6) is -0.0691. The molecule has 7 heteroatoms. The minimum atomic E-state index is -0.238. The number of nitrogens with zero attached hydrogens (tertiary/aromatic N) is 2. The molecule has 0 aliphatic carbocycles. The number of nitrogens with one attached hydrogen (secondary N) is 1. The third-order valence-electron chi connectivity index (χ3n) is 5.96. The van der Waals surface area contributed by atoms with Crippen molar-refractivity contribution in [1.82, 2.24) is 9.88 Å². The summed E-state index contributed by atoms with van der Waals surface area (Å²) in [6.45, 7) is 3.30. The molecule has 1 N–H and O–H groups in total. The molecule has 166 valence electrons. The highest BCUT2D eigenvalue weighted by molar-refractivity contribution is 6.43. The average Bonchev–Trinajstić information content (AvgIpc) is 2.83. The Morgan fingerprint density at radius 3 is 2.38 bits per heavy atom. The molecule has 4 rings (SSSR count). The van der Waals surface area contributed by atoms with E-state index in [0.717, 1.165) is 30.5 Å². The summed E-state index contributed by atoms with van der Waals surface area (Å²) in [7, 11) is 0. The van der Waals surface area contributed by atoms with E-state index < -0.39 is 0 Å². The average molecular weight is 472 g/mol. The van der Waals surface area contributed by atoms with Gasteiger partial charge in [-0.05, 0) is 60.6 Å². The van der Waals surface area contributed by atoms with Crippen molar-refractivity contribution in [2.45, 2.75) is 32.1 Å². The third-order valence-corrected chi connectivity index (χ3v) is 6.71. The Morgan fingerprint density at radius 2 is 1.75 bits per heavy atom. The molecule has 0 saturated carbocycles. The minimum Gasteiger partial charge on any atom is -0.354 e. The van der Waals surface area contributed by atoms with Crippen molar-refractivity contribution >= 4 is 40.5 Å². The summed E-state index contributed by atoms with van der Waals surface area (Å²) in [5, 5.41) is 3.62. The molecular weight excluding hydrogens is 448 g/mol. The van der Waals surface area contributed by atoms with Crippen LogP contribution in [0, 0.1) is 5.82 Å². The fourth-order valence-corrected chi connectivity index (χ4v) is 4.38. The fraction of sp³-hybridized carbons (Fsp3) is 0.280. The SMILES string of the molecule is CCc1ccc(Nc2c(C(=O)N3CCC(c4ccc(F)cc4)CC3)cnc(Cl)c2Cl)cc1. The van der Waals surface area contributed by atoms with Crippen molar-refractivity contribution in [3.63, 3.8) is 0 Å². The number of carbonyl (C=O) groups excluding carboxylic acids is 1. The zero-order valence-electron chi connectivity index (χ0n) is 17.7. The molecule has 1 amide bonds. The lowest BCUT2D eigenvalue weighted by Gasteiger charge is -2.32. The quantitative estimate of drug-likeness (QED) is 0.413. The zero-order valence-corrected chi connectivity index (χ0v) is 19.3. The van der Waals surface area contributed by atoms with Crippen molar-refractivity contribution in [2.75, 3.05) is 18.4 Å². The van der Waals surface area contributed by atoms with E-state index in [2.05, 4.69) is 17.2 Å². The molecular formula is C25H24Cl2FN3O. The van der Waals surface area contributed by atoms with Gasteiger partial charge in [-0.15, -0.1) is 0 Å². The van der Waals surface area contributed by atoms with Gasteiger partial charge >= 0.3 is 0 Å². The second-order valence-electron chi connectivity index (χ2n) is 7.95. The first-order valence-electron chi connectivity index (χ1n) is 10.7. The van der Waals surface area contributed by atoms with Crippen LogP contribution < -0.4 is 5.32 Å². The van der Waals surface area contributed by atoms with E-state index >= 15 is 0 Å². The topological polar surface area (TPSA) is 45.2 Å². The molecule has 0 unspecified atom stereocenters. The van der Waals surface area contributed by atoms with Crippen molar-refractivity contribution in [3.05, 3.63) is 87.4 Å². The molecule has 2 aromatic carbocycles. The van der Waals surface area contributed by atoms with Crippen molar-refractivity contribution < 1.29 is 9.18 Å². The molecule has 1 aromatic heterocycles. The molecule has 1 aliphatic rings. The molecule has 2 heterocycles. The normalized spacial score (nSPS) is 14.4. The summed E-state index contributed by atoms with van der Waals surface area (Å²) >= 11 is 12.6. The smallest absolute Gasteiger partial charge is 0.257 e. The van der Waals surface area contributed by atoms with Gasteiger partial charge in [-0.2, -0.15) is 0 Å². The number of piperidine rings is 1. The molecule has 4 nitrogen and oxygen atoms in total. The molecule has 0 spiro atoms. The molecule has 0 radical (unpaired) electrons. The van der Waals surface area contributed by atoms with E-state index in [4.69, 9.17) is 23.2 Å². The third kappa shape index (κ3) is 4.89. The zero-order chi connectivity index (χ0) is 22.7. The highest BCUT2D eigenvalue weighted by Gasteiger charge is 2.27. The fourth-order valence-electron chi connectivity index (χ4n) is 4.04. The summed E-state index contributed by atoms with van der Waals surface area (Å²) in [6, 6.07) is 14.6. The molecule has 1 aliphatic heterocycles. The number of hydrogen-bond donors (Lipinski definition) is 1. The summed E-state index contributed by atoms with van der Waals surface area (Å²) < 4.78 is 13.2. The standard InChI is InChI=1S/C25H24Cl2FN3O/c1-2-16-3-9-20(10-4-16)30-23-21(15-29-24(27)22(23)26)25(32)31-13-11-18(12-14-31)17-5-7-19(28)8-6-17/h3-10,15,18H,2,11-14H2,1H3,(H,29,30). The number of carbonyl (C=O) groups is 1. The second-order valence-corrected chi connectivity index (χ2v) is 8.68. The van der Waals surface area contributed by atoms with E-state index in [1.165, 1.54) is 23.9 Å². The van der Waals surface area contributed by atoms with Gasteiger partial charge < -0.3 is 10.2 Å². The summed E-state index contributed by atoms with van der Waals surface area (Å²) in [6.07, 6.45) is 4.05. The number of likely N-dealkylation sites (tertiary alicyclic amines) is 1. The van der Waals surface area contributed by atoms with Crippen molar-refractivity contribution in [1.29, 1.82) is 0 Å². The van der Waals surface area contributed by atoms with Gasteiger partial charge in [0.15, 0.2) is 0 Å². The van der Waals surface area contributed by atoms with Crippen LogP contribution in [-0.4, -0.2) is 28.9 Å². The Labute approximate surface area is 197 Å². The van der Waals surface area contributed by atoms with E-state index in [0.29, 0.717) is 30.3 Å². The lowest BCUT2D eigenvalue weighted by Crippen LogP contribution is -2.38. The first-order chi connectivity index (χ1) is 15.5. The monoisotopic (exact) mass is 471 g/mol. The first-order valence-corrected chi connectivity index (χ1v) is 11.5. The number of rotatable bonds is 5. The highest BCUT2D eigenvalue weighted by atomic mass is 35.5. The number of anilines is 2. The molecule has 0 bridgehead atoms. The largest absolute Gasteiger partial charge is 0.354 e. The van der Waals surface area contributed by atoms with Crippen LogP contribution in [0.25, 0.3) is 0 Å². The van der Waals surface area contributed by atoms with Gasteiger partial charge in [-0.3, -0.25) is 4.79 Å². The predicted molar refractivity (Wildman–Crippen MR) is 128 cm³/mol.